The topological polar surface area (TPSA) is 87.4 Å². The van der Waals surface area contributed by atoms with Crippen molar-refractivity contribution >= 4 is 45.5 Å². The summed E-state index contributed by atoms with van der Waals surface area (Å²) in [5.74, 6) is -0.313. The summed E-state index contributed by atoms with van der Waals surface area (Å²) in [6, 6.07) is 20.7. The molecular formula is C28H23N2NaO4S. The summed E-state index contributed by atoms with van der Waals surface area (Å²) in [5, 5.41) is 13.6. The molecule has 0 spiro atoms. The number of pyridine rings is 1. The largest absolute Gasteiger partial charge is 1.00 e. The third-order valence-corrected chi connectivity index (χ3v) is 6.43. The molecule has 3 aromatic carbocycles. The Balaban J connectivity index is 0.00000304. The van der Waals surface area contributed by atoms with Gasteiger partial charge in [-0.05, 0) is 55.3 Å². The van der Waals surface area contributed by atoms with E-state index in [1.807, 2.05) is 74.7 Å². The van der Waals surface area contributed by atoms with Crippen molar-refractivity contribution in [1.29, 1.82) is 0 Å². The summed E-state index contributed by atoms with van der Waals surface area (Å²) in [6.45, 7) is 4.12. The minimum absolute atomic E-state index is 0. The van der Waals surface area contributed by atoms with E-state index in [0.717, 1.165) is 33.3 Å². The van der Waals surface area contributed by atoms with E-state index < -0.39 is 5.97 Å². The Hall–Kier alpha value is -2.97. The maximum Gasteiger partial charge on any atom is 1.00 e. The number of para-hydroxylation sites is 1. The van der Waals surface area contributed by atoms with Crippen molar-refractivity contribution in [2.24, 2.45) is 0 Å². The third-order valence-electron chi connectivity index (χ3n) is 5.99. The van der Waals surface area contributed by atoms with Crippen molar-refractivity contribution in [1.82, 2.24) is 4.98 Å². The number of aromatic nitrogens is 1. The number of aryl methyl sites for hydroxylation is 2. The number of fused-ring (bicyclic) bond motifs is 2. The van der Waals surface area contributed by atoms with E-state index in [9.17, 15) is 9.90 Å². The van der Waals surface area contributed by atoms with Gasteiger partial charge in [0.25, 0.3) is 0 Å². The molecule has 1 N–H and O–H groups in total. The summed E-state index contributed by atoms with van der Waals surface area (Å²) in [4.78, 5) is 17.1. The van der Waals surface area contributed by atoms with Gasteiger partial charge >= 0.3 is 29.6 Å². The zero-order chi connectivity index (χ0) is 24.5. The van der Waals surface area contributed by atoms with E-state index in [4.69, 9.17) is 14.1 Å². The molecule has 0 saturated carbocycles. The number of hydrogen-bond donors (Lipinski definition) is 1. The molecule has 5 rings (SSSR count). The molecule has 0 saturated heterocycles. The molecule has 0 aliphatic heterocycles. The predicted molar refractivity (Wildman–Crippen MR) is 139 cm³/mol. The number of carbonyl (C=O) groups is 1. The third kappa shape index (κ3) is 4.97. The van der Waals surface area contributed by atoms with Gasteiger partial charge in [0.1, 0.15) is 23.6 Å². The van der Waals surface area contributed by atoms with Crippen molar-refractivity contribution in [2.45, 2.75) is 20.5 Å². The summed E-state index contributed by atoms with van der Waals surface area (Å²) in [5.41, 5.74) is 5.43. The molecule has 2 heterocycles. The first kappa shape index (κ1) is 26.1. The average molecular weight is 507 g/mol. The molecule has 36 heavy (non-hydrogen) atoms. The molecule has 0 bridgehead atoms. The average Bonchev–Trinajstić information content (AvgIpc) is 3.21. The number of aromatic carboxylic acids is 1. The first-order valence-corrected chi connectivity index (χ1v) is 12.3. The molecule has 0 aliphatic rings. The van der Waals surface area contributed by atoms with E-state index in [1.165, 1.54) is 18.0 Å². The van der Waals surface area contributed by atoms with Crippen LogP contribution in [0.1, 0.15) is 27.0 Å². The van der Waals surface area contributed by atoms with Crippen LogP contribution in [0.3, 0.4) is 0 Å². The van der Waals surface area contributed by atoms with Crippen LogP contribution in [-0.2, 0) is 6.61 Å². The summed E-state index contributed by atoms with van der Waals surface area (Å²) < 4.78 is 15.3. The van der Waals surface area contributed by atoms with Crippen molar-refractivity contribution in [3.63, 3.8) is 0 Å². The minimum atomic E-state index is -1.30. The van der Waals surface area contributed by atoms with Crippen LogP contribution in [-0.4, -0.2) is 17.2 Å². The molecule has 176 valence electrons. The van der Waals surface area contributed by atoms with Crippen LogP contribution >= 0.6 is 11.9 Å². The summed E-state index contributed by atoms with van der Waals surface area (Å²) in [6.07, 6.45) is 1.96. The van der Waals surface area contributed by atoms with Gasteiger partial charge in [0.05, 0.1) is 16.9 Å². The Kier molecular flexibility index (Phi) is 7.95. The molecule has 0 unspecified atom stereocenters. The van der Waals surface area contributed by atoms with Gasteiger partial charge in [-0.1, -0.05) is 48.3 Å². The molecule has 0 atom stereocenters. The van der Waals surface area contributed by atoms with Crippen molar-refractivity contribution in [3.05, 3.63) is 89.0 Å². The maximum atomic E-state index is 12.3. The van der Waals surface area contributed by atoms with E-state index >= 15 is 0 Å². The van der Waals surface area contributed by atoms with Crippen molar-refractivity contribution in [3.8, 4) is 17.2 Å². The number of nitrogens with zero attached hydrogens (tertiary/aromatic N) is 1. The van der Waals surface area contributed by atoms with E-state index in [2.05, 4.69) is 4.72 Å². The Morgan fingerprint density at radius 1 is 1.08 bits per heavy atom. The van der Waals surface area contributed by atoms with E-state index in [0.29, 0.717) is 28.1 Å². The smallest absolute Gasteiger partial charge is 0.545 e. The first-order valence-electron chi connectivity index (χ1n) is 11.1. The number of anilines is 1. The maximum absolute atomic E-state index is 12.3. The zero-order valence-electron chi connectivity index (χ0n) is 20.5. The Morgan fingerprint density at radius 2 is 1.83 bits per heavy atom. The normalized spacial score (nSPS) is 10.9. The van der Waals surface area contributed by atoms with Gasteiger partial charge in [-0.15, -0.1) is 0 Å². The standard InChI is InChI=1S/C28H24N2O4S.Na/c1-16-8-13-24(33-15-18-9-11-19(12-10-18)30-35-3)25-21(28(31)32)14-22(29-26(16)25)27-17(2)20-6-4-5-7-23(20)34-27;/h4-14,30H,15H2,1-3H3,(H,31,32);/q;+1/p-1. The van der Waals surface area contributed by atoms with E-state index in [1.54, 1.807) is 6.07 Å². The number of furan rings is 1. The fourth-order valence-corrected chi connectivity index (χ4v) is 4.58. The fraction of sp³-hybridized carbons (Fsp3) is 0.143. The second-order valence-corrected chi connectivity index (χ2v) is 8.90. The second kappa shape index (κ2) is 11.0. The number of rotatable bonds is 7. The zero-order valence-corrected chi connectivity index (χ0v) is 23.4. The molecule has 6 nitrogen and oxygen atoms in total. The first-order chi connectivity index (χ1) is 17.0. The monoisotopic (exact) mass is 506 g/mol. The Labute approximate surface area is 235 Å². The second-order valence-electron chi connectivity index (χ2n) is 8.29. The number of ether oxygens (including phenoxy) is 1. The van der Waals surface area contributed by atoms with Gasteiger partial charge in [-0.25, -0.2) is 4.98 Å². The molecule has 0 radical (unpaired) electrons. The summed E-state index contributed by atoms with van der Waals surface area (Å²) in [7, 11) is 0. The van der Waals surface area contributed by atoms with Crippen LogP contribution in [0, 0.1) is 13.8 Å². The Bertz CT molecular complexity index is 1560. The van der Waals surface area contributed by atoms with Crippen LogP contribution in [0.15, 0.2) is 71.1 Å². The number of carboxylic acid groups (broad SMARTS) is 1. The number of carbonyl (C=O) groups excluding carboxylic acids is 1. The SMILES string of the molecule is CSNc1ccc(COc2ccc(C)c3nc(-c4oc5ccccc5c4C)cc(C(=O)[O-])c23)cc1.[Na+]. The van der Waals surface area contributed by atoms with Crippen molar-refractivity contribution < 1.29 is 48.6 Å². The summed E-state index contributed by atoms with van der Waals surface area (Å²) >= 11 is 1.52. The van der Waals surface area contributed by atoms with E-state index in [-0.39, 0.29) is 41.7 Å². The molecule has 0 amide bonds. The van der Waals surface area contributed by atoms with Gasteiger partial charge in [-0.3, -0.25) is 0 Å². The van der Waals surface area contributed by atoms with Gasteiger partial charge < -0.3 is 23.8 Å². The number of carboxylic acids is 1. The van der Waals surface area contributed by atoms with Gasteiger partial charge in [0.2, 0.25) is 0 Å². The molecule has 0 fully saturated rings. The predicted octanol–water partition coefficient (Wildman–Crippen LogP) is 2.90. The van der Waals surface area contributed by atoms with Gasteiger partial charge in [0, 0.05) is 28.5 Å². The van der Waals surface area contributed by atoms with Gasteiger partial charge in [-0.2, -0.15) is 0 Å². The molecule has 0 aliphatic carbocycles. The Morgan fingerprint density at radius 3 is 2.53 bits per heavy atom. The van der Waals surface area contributed by atoms with Crippen LogP contribution in [0.4, 0.5) is 5.69 Å². The number of hydrogen-bond acceptors (Lipinski definition) is 7. The van der Waals surface area contributed by atoms with Crippen LogP contribution in [0.2, 0.25) is 0 Å². The molecule has 5 aromatic rings. The van der Waals surface area contributed by atoms with Crippen LogP contribution in [0.5, 0.6) is 5.75 Å². The van der Waals surface area contributed by atoms with Crippen LogP contribution in [0.25, 0.3) is 33.3 Å². The molecule has 8 heteroatoms. The number of benzene rings is 3. The number of nitrogens with one attached hydrogen (secondary N) is 1. The fourth-order valence-electron chi connectivity index (χ4n) is 4.21. The van der Waals surface area contributed by atoms with Crippen LogP contribution < -0.4 is 44.1 Å². The van der Waals surface area contributed by atoms with Gasteiger partial charge in [0.15, 0.2) is 5.76 Å². The van der Waals surface area contributed by atoms with Crippen molar-refractivity contribution in [2.75, 3.05) is 11.0 Å². The molecular weight excluding hydrogens is 483 g/mol. The quantitative estimate of drug-likeness (QED) is 0.268. The molecule has 2 aromatic heterocycles. The minimum Gasteiger partial charge on any atom is -0.545 e.